The summed E-state index contributed by atoms with van der Waals surface area (Å²) in [6.45, 7) is 0.520. The Morgan fingerprint density at radius 2 is 2.00 bits per heavy atom. The molecule has 1 aliphatic heterocycles. The smallest absolute Gasteiger partial charge is 0.243 e. The summed E-state index contributed by atoms with van der Waals surface area (Å²) in [6.07, 6.45) is 3.04. The molecule has 0 bridgehead atoms. The number of amides is 3. The second-order valence-corrected chi connectivity index (χ2v) is 5.71. The predicted octanol–water partition coefficient (Wildman–Crippen LogP) is 0.475. The fourth-order valence-corrected chi connectivity index (χ4v) is 2.68. The lowest BCUT2D eigenvalue weighted by Crippen LogP contribution is -2.33. The van der Waals surface area contributed by atoms with Crippen molar-refractivity contribution in [2.75, 3.05) is 39.3 Å². The summed E-state index contributed by atoms with van der Waals surface area (Å²) < 4.78 is 10.4. The molecule has 1 aromatic carbocycles. The van der Waals surface area contributed by atoms with Crippen LogP contribution in [0, 0.1) is 5.92 Å². The number of anilines is 1. The first kappa shape index (κ1) is 19.3. The van der Waals surface area contributed by atoms with Crippen LogP contribution in [0.15, 0.2) is 30.4 Å². The highest BCUT2D eigenvalue weighted by Gasteiger charge is 2.35. The minimum absolute atomic E-state index is 0.127. The maximum atomic E-state index is 12.3. The molecule has 1 fully saturated rings. The number of rotatable bonds is 7. The molecule has 3 amide bonds. The van der Waals surface area contributed by atoms with Gasteiger partial charge in [-0.15, -0.1) is 0 Å². The lowest BCUT2D eigenvalue weighted by Gasteiger charge is -2.18. The highest BCUT2D eigenvalue weighted by Crippen LogP contribution is 2.34. The Labute approximate surface area is 152 Å². The Morgan fingerprint density at radius 3 is 2.65 bits per heavy atom. The molecule has 0 aliphatic carbocycles. The van der Waals surface area contributed by atoms with Gasteiger partial charge in [-0.25, -0.2) is 0 Å². The van der Waals surface area contributed by atoms with E-state index in [1.807, 2.05) is 0 Å². The van der Waals surface area contributed by atoms with Crippen molar-refractivity contribution >= 4 is 23.4 Å². The third kappa shape index (κ3) is 4.53. The van der Waals surface area contributed by atoms with Crippen molar-refractivity contribution in [3.8, 4) is 11.5 Å². The van der Waals surface area contributed by atoms with E-state index in [0.717, 1.165) is 0 Å². The molecule has 1 atom stereocenters. The molecular formula is C18H23N3O5. The van der Waals surface area contributed by atoms with Crippen molar-refractivity contribution in [2.24, 2.45) is 5.92 Å². The molecule has 0 radical (unpaired) electrons. The summed E-state index contributed by atoms with van der Waals surface area (Å²) in [5.74, 6) is 0.0604. The van der Waals surface area contributed by atoms with E-state index in [0.29, 0.717) is 23.7 Å². The van der Waals surface area contributed by atoms with Gasteiger partial charge in [-0.3, -0.25) is 14.4 Å². The monoisotopic (exact) mass is 361 g/mol. The standard InChI is InChI=1S/C18H23N3O5/c1-19-16(22)5-4-8-20-18(24)12-9-17(23)21(11-12)13-6-7-14(25-2)15(10-13)26-3/h4-7,10,12H,8-9,11H2,1-3H3,(H,19,22)(H,20,24)/b5-4+/t12-/m1/s1. The number of carbonyl (C=O) groups excluding carboxylic acids is 3. The average Bonchev–Trinajstić information content (AvgIpc) is 3.05. The van der Waals surface area contributed by atoms with Crippen LogP contribution in [0.1, 0.15) is 6.42 Å². The van der Waals surface area contributed by atoms with E-state index in [4.69, 9.17) is 9.47 Å². The first-order chi connectivity index (χ1) is 12.5. The summed E-state index contributed by atoms with van der Waals surface area (Å²) >= 11 is 0. The summed E-state index contributed by atoms with van der Waals surface area (Å²) in [4.78, 5) is 37.2. The molecule has 1 heterocycles. The number of ether oxygens (including phenoxy) is 2. The molecule has 1 saturated heterocycles. The average molecular weight is 361 g/mol. The number of likely N-dealkylation sites (N-methyl/N-ethyl adjacent to an activating group) is 1. The minimum atomic E-state index is -0.441. The molecular weight excluding hydrogens is 338 g/mol. The van der Waals surface area contributed by atoms with Crippen LogP contribution < -0.4 is 25.0 Å². The predicted molar refractivity (Wildman–Crippen MR) is 96.2 cm³/mol. The molecule has 0 saturated carbocycles. The number of methoxy groups -OCH3 is 2. The number of nitrogens with zero attached hydrogens (tertiary/aromatic N) is 1. The number of carbonyl (C=O) groups is 3. The van der Waals surface area contributed by atoms with Gasteiger partial charge in [0.2, 0.25) is 17.7 Å². The molecule has 1 aromatic rings. The maximum Gasteiger partial charge on any atom is 0.243 e. The highest BCUT2D eigenvalue weighted by molar-refractivity contribution is 6.00. The molecule has 2 N–H and O–H groups in total. The van der Waals surface area contributed by atoms with Crippen LogP contribution in [-0.4, -0.2) is 52.1 Å². The normalized spacial score (nSPS) is 16.7. The van der Waals surface area contributed by atoms with Crippen LogP contribution in [0.2, 0.25) is 0 Å². The minimum Gasteiger partial charge on any atom is -0.493 e. The summed E-state index contributed by atoms with van der Waals surface area (Å²) in [6, 6.07) is 5.19. The van der Waals surface area contributed by atoms with Gasteiger partial charge in [0.05, 0.1) is 20.1 Å². The van der Waals surface area contributed by atoms with E-state index in [2.05, 4.69) is 10.6 Å². The Hall–Kier alpha value is -3.03. The molecule has 2 rings (SSSR count). The van der Waals surface area contributed by atoms with Crippen molar-refractivity contribution in [1.29, 1.82) is 0 Å². The van der Waals surface area contributed by atoms with Gasteiger partial charge in [-0.05, 0) is 12.1 Å². The molecule has 0 aromatic heterocycles. The van der Waals surface area contributed by atoms with E-state index in [1.165, 1.54) is 27.3 Å². The van der Waals surface area contributed by atoms with Crippen LogP contribution in [0.4, 0.5) is 5.69 Å². The first-order valence-corrected chi connectivity index (χ1v) is 8.18. The second kappa shape index (κ2) is 8.89. The fraction of sp³-hybridized carbons (Fsp3) is 0.389. The van der Waals surface area contributed by atoms with Gasteiger partial charge >= 0.3 is 0 Å². The van der Waals surface area contributed by atoms with Gasteiger partial charge in [0.25, 0.3) is 0 Å². The molecule has 0 spiro atoms. The van der Waals surface area contributed by atoms with Crippen LogP contribution in [0.25, 0.3) is 0 Å². The Balaban J connectivity index is 1.98. The summed E-state index contributed by atoms with van der Waals surface area (Å²) in [5, 5.41) is 5.15. The summed E-state index contributed by atoms with van der Waals surface area (Å²) in [5.41, 5.74) is 0.655. The van der Waals surface area contributed by atoms with E-state index >= 15 is 0 Å². The van der Waals surface area contributed by atoms with Gasteiger partial charge in [-0.2, -0.15) is 0 Å². The molecule has 26 heavy (non-hydrogen) atoms. The van der Waals surface area contributed by atoms with Crippen molar-refractivity contribution in [3.05, 3.63) is 30.4 Å². The van der Waals surface area contributed by atoms with Crippen molar-refractivity contribution in [3.63, 3.8) is 0 Å². The third-order valence-electron chi connectivity index (χ3n) is 4.08. The number of hydrogen-bond donors (Lipinski definition) is 2. The van der Waals surface area contributed by atoms with Gasteiger partial charge in [0, 0.05) is 44.4 Å². The molecule has 140 valence electrons. The zero-order valence-corrected chi connectivity index (χ0v) is 15.1. The largest absolute Gasteiger partial charge is 0.493 e. The summed E-state index contributed by atoms with van der Waals surface area (Å²) in [7, 11) is 4.59. The van der Waals surface area contributed by atoms with Crippen molar-refractivity contribution in [2.45, 2.75) is 6.42 Å². The third-order valence-corrected chi connectivity index (χ3v) is 4.08. The Bertz CT molecular complexity index is 717. The van der Waals surface area contributed by atoms with E-state index < -0.39 is 5.92 Å². The molecule has 1 aliphatic rings. The SMILES string of the molecule is CNC(=O)/C=C/CNC(=O)[C@@H]1CC(=O)N(c2ccc(OC)c(OC)c2)C1. The van der Waals surface area contributed by atoms with Crippen LogP contribution in [0.5, 0.6) is 11.5 Å². The van der Waals surface area contributed by atoms with Crippen molar-refractivity contribution in [1.82, 2.24) is 10.6 Å². The zero-order chi connectivity index (χ0) is 19.1. The lowest BCUT2D eigenvalue weighted by atomic mass is 10.1. The second-order valence-electron chi connectivity index (χ2n) is 5.71. The fourth-order valence-electron chi connectivity index (χ4n) is 2.68. The van der Waals surface area contributed by atoms with Crippen LogP contribution >= 0.6 is 0 Å². The van der Waals surface area contributed by atoms with Crippen LogP contribution in [0.3, 0.4) is 0 Å². The zero-order valence-electron chi connectivity index (χ0n) is 15.1. The Kier molecular flexibility index (Phi) is 6.60. The first-order valence-electron chi connectivity index (χ1n) is 8.18. The van der Waals surface area contributed by atoms with Gasteiger partial charge in [-0.1, -0.05) is 6.08 Å². The molecule has 8 nitrogen and oxygen atoms in total. The topological polar surface area (TPSA) is 97.0 Å². The number of hydrogen-bond acceptors (Lipinski definition) is 5. The van der Waals surface area contributed by atoms with E-state index in [9.17, 15) is 14.4 Å². The van der Waals surface area contributed by atoms with E-state index in [1.54, 1.807) is 29.2 Å². The van der Waals surface area contributed by atoms with Crippen molar-refractivity contribution < 1.29 is 23.9 Å². The van der Waals surface area contributed by atoms with E-state index in [-0.39, 0.29) is 30.7 Å². The highest BCUT2D eigenvalue weighted by atomic mass is 16.5. The quantitative estimate of drug-likeness (QED) is 0.689. The lowest BCUT2D eigenvalue weighted by molar-refractivity contribution is -0.126. The maximum absolute atomic E-state index is 12.3. The van der Waals surface area contributed by atoms with Gasteiger partial charge < -0.3 is 25.0 Å². The molecule has 0 unspecified atom stereocenters. The van der Waals surface area contributed by atoms with Crippen LogP contribution in [-0.2, 0) is 14.4 Å². The van der Waals surface area contributed by atoms with Gasteiger partial charge in [0.1, 0.15) is 0 Å². The van der Waals surface area contributed by atoms with Gasteiger partial charge in [0.15, 0.2) is 11.5 Å². The number of benzene rings is 1. The Morgan fingerprint density at radius 1 is 1.27 bits per heavy atom. The molecule has 8 heteroatoms. The number of nitrogens with one attached hydrogen (secondary N) is 2.